The first kappa shape index (κ1) is 23.6. The summed E-state index contributed by atoms with van der Waals surface area (Å²) in [6, 6.07) is 7.22. The third-order valence-electron chi connectivity index (χ3n) is 6.13. The van der Waals surface area contributed by atoms with E-state index in [2.05, 4.69) is 0 Å². The number of ether oxygens (including phenoxy) is 1. The molecule has 1 aliphatic heterocycles. The van der Waals surface area contributed by atoms with Crippen LogP contribution in [0.5, 0.6) is 0 Å². The number of imidazole rings is 1. The van der Waals surface area contributed by atoms with Crippen molar-refractivity contribution in [3.8, 4) is 5.69 Å². The molecule has 0 aliphatic carbocycles. The number of benzene rings is 1. The Morgan fingerprint density at radius 1 is 1.32 bits per heavy atom. The predicted octanol–water partition coefficient (Wildman–Crippen LogP) is 1.78. The third-order valence-corrected chi connectivity index (χ3v) is 6.13. The number of amidine groups is 1. The van der Waals surface area contributed by atoms with Gasteiger partial charge in [0.25, 0.3) is 0 Å². The third kappa shape index (κ3) is 3.68. The number of nitrogens with zero attached hydrogens (tertiary/aromatic N) is 3. The van der Waals surface area contributed by atoms with E-state index in [0.717, 1.165) is 32.1 Å². The Hall–Kier alpha value is -3.51. The number of pyridine rings is 1. The quantitative estimate of drug-likeness (QED) is 0.216. The van der Waals surface area contributed by atoms with Crippen LogP contribution in [0.25, 0.3) is 11.2 Å². The minimum Gasteiger partial charge on any atom is -0.379 e. The fraction of sp³-hybridized carbons (Fsp3) is 0.318. The highest BCUT2D eigenvalue weighted by Crippen LogP contribution is 2.39. The number of fused-ring (bicyclic) bond motifs is 1. The molecule has 0 spiro atoms. The largest absolute Gasteiger partial charge is 0.418 e. The molecular weight excluding hydrogens is 456 g/mol. The number of halogens is 4. The molecule has 4 rings (SSSR count). The van der Waals surface area contributed by atoms with Crippen LogP contribution < -0.4 is 17.2 Å². The second kappa shape index (κ2) is 8.37. The average Bonchev–Trinajstić information content (AvgIpc) is 3.12. The second-order valence-corrected chi connectivity index (χ2v) is 8.23. The van der Waals surface area contributed by atoms with Crippen molar-refractivity contribution in [3.05, 3.63) is 69.9 Å². The first-order chi connectivity index (χ1) is 16.0. The van der Waals surface area contributed by atoms with Crippen LogP contribution in [0.15, 0.2) is 47.5 Å². The van der Waals surface area contributed by atoms with Gasteiger partial charge < -0.3 is 16.2 Å². The molecule has 1 saturated heterocycles. The van der Waals surface area contributed by atoms with E-state index in [1.165, 1.54) is 19.3 Å². The summed E-state index contributed by atoms with van der Waals surface area (Å²) in [5.41, 5.74) is 9.11. The van der Waals surface area contributed by atoms with Crippen LogP contribution >= 0.6 is 0 Å². The predicted molar refractivity (Wildman–Crippen MR) is 117 cm³/mol. The van der Waals surface area contributed by atoms with Gasteiger partial charge in [0.15, 0.2) is 6.17 Å². The SMILES string of the molecule is C[N+](C=N)=C(N)C(F)C1(c2cccc(-n3cc4c(C(F)(F)F)cc(CN)cn4c3=O)c2)COC1. The molecule has 1 unspecified atom stereocenters. The molecule has 0 amide bonds. The molecule has 1 atom stereocenters. The standard InChI is InChI=1S/C22H22F4N6O2/c1-30(12-28)19(29)18(23)21(10-34-11-21)14-3-2-4-15(6-14)31-9-17-16(22(24,25)26)5-13(7-27)8-32(17)20(31)33/h2-6,8-9,12,18,28-29H,7,10-11,27H2,1H3/p+1. The Morgan fingerprint density at radius 3 is 2.59 bits per heavy atom. The monoisotopic (exact) mass is 479 g/mol. The van der Waals surface area contributed by atoms with E-state index in [1.807, 2.05) is 0 Å². The van der Waals surface area contributed by atoms with Gasteiger partial charge in [-0.15, -0.1) is 0 Å². The maximum absolute atomic E-state index is 15.5. The van der Waals surface area contributed by atoms with Crippen LogP contribution in [0.1, 0.15) is 16.7 Å². The molecule has 180 valence electrons. The summed E-state index contributed by atoms with van der Waals surface area (Å²) in [6.45, 7) is -0.154. The van der Waals surface area contributed by atoms with Gasteiger partial charge in [-0.2, -0.15) is 18.6 Å². The first-order valence-electron chi connectivity index (χ1n) is 10.3. The van der Waals surface area contributed by atoms with Crippen molar-refractivity contribution in [3.63, 3.8) is 0 Å². The maximum Gasteiger partial charge on any atom is 0.418 e. The van der Waals surface area contributed by atoms with Gasteiger partial charge in [-0.25, -0.2) is 13.8 Å². The van der Waals surface area contributed by atoms with E-state index in [4.69, 9.17) is 21.6 Å². The summed E-state index contributed by atoms with van der Waals surface area (Å²) >= 11 is 0. The number of rotatable bonds is 6. The van der Waals surface area contributed by atoms with Crippen LogP contribution in [0.4, 0.5) is 17.6 Å². The zero-order valence-corrected chi connectivity index (χ0v) is 18.1. The normalized spacial score (nSPS) is 17.2. The lowest BCUT2D eigenvalue weighted by Crippen LogP contribution is -2.59. The van der Waals surface area contributed by atoms with Crippen molar-refractivity contribution in [2.75, 3.05) is 20.3 Å². The maximum atomic E-state index is 15.5. The van der Waals surface area contributed by atoms with Crippen LogP contribution in [-0.2, 0) is 22.9 Å². The molecular formula is C22H23F4N6O2+. The number of alkyl halides is 4. The van der Waals surface area contributed by atoms with Crippen molar-refractivity contribution in [1.29, 1.82) is 5.41 Å². The lowest BCUT2D eigenvalue weighted by Gasteiger charge is -2.43. The van der Waals surface area contributed by atoms with Crippen molar-refractivity contribution in [1.82, 2.24) is 8.97 Å². The van der Waals surface area contributed by atoms with E-state index < -0.39 is 29.0 Å². The average molecular weight is 479 g/mol. The highest BCUT2D eigenvalue weighted by Gasteiger charge is 2.51. The van der Waals surface area contributed by atoms with Gasteiger partial charge in [-0.1, -0.05) is 12.1 Å². The molecule has 12 heteroatoms. The molecule has 1 aromatic carbocycles. The molecule has 5 N–H and O–H groups in total. The fourth-order valence-corrected chi connectivity index (χ4v) is 4.05. The van der Waals surface area contributed by atoms with Gasteiger partial charge >= 0.3 is 11.9 Å². The van der Waals surface area contributed by atoms with Crippen molar-refractivity contribution >= 4 is 17.7 Å². The molecule has 1 fully saturated rings. The van der Waals surface area contributed by atoms with E-state index in [-0.39, 0.29) is 42.4 Å². The van der Waals surface area contributed by atoms with Gasteiger partial charge in [0.05, 0.1) is 42.4 Å². The Kier molecular flexibility index (Phi) is 5.82. The number of nitrogens with one attached hydrogen (secondary N) is 1. The lowest BCUT2D eigenvalue weighted by atomic mass is 9.74. The Bertz CT molecular complexity index is 1350. The fourth-order valence-electron chi connectivity index (χ4n) is 4.05. The number of hydrogen-bond donors (Lipinski definition) is 3. The van der Waals surface area contributed by atoms with E-state index in [1.54, 1.807) is 18.2 Å². The Balaban J connectivity index is 1.87. The van der Waals surface area contributed by atoms with Crippen LogP contribution in [-0.4, -0.2) is 52.2 Å². The van der Waals surface area contributed by atoms with Crippen LogP contribution in [0.3, 0.4) is 0 Å². The van der Waals surface area contributed by atoms with Crippen LogP contribution in [0.2, 0.25) is 0 Å². The molecule has 8 nitrogen and oxygen atoms in total. The van der Waals surface area contributed by atoms with E-state index in [9.17, 15) is 18.0 Å². The van der Waals surface area contributed by atoms with E-state index >= 15 is 4.39 Å². The summed E-state index contributed by atoms with van der Waals surface area (Å²) in [4.78, 5) is 13.1. The summed E-state index contributed by atoms with van der Waals surface area (Å²) < 4.78 is 64.8. The summed E-state index contributed by atoms with van der Waals surface area (Å²) in [5.74, 6) is -0.181. The Labute approximate surface area is 191 Å². The van der Waals surface area contributed by atoms with Crippen LogP contribution in [0, 0.1) is 5.41 Å². The smallest absolute Gasteiger partial charge is 0.379 e. The molecule has 3 aromatic rings. The molecule has 0 saturated carbocycles. The summed E-state index contributed by atoms with van der Waals surface area (Å²) in [5, 5.41) is 7.30. The molecule has 3 heterocycles. The zero-order chi connectivity index (χ0) is 24.8. The molecule has 0 radical (unpaired) electrons. The molecule has 0 bridgehead atoms. The number of aromatic nitrogens is 2. The Morgan fingerprint density at radius 2 is 2.03 bits per heavy atom. The number of hydrogen-bond acceptors (Lipinski definition) is 4. The van der Waals surface area contributed by atoms with Gasteiger partial charge in [-0.05, 0) is 29.3 Å². The number of nitrogens with two attached hydrogens (primary N) is 2. The minimum absolute atomic E-state index is 0.00881. The molecule has 34 heavy (non-hydrogen) atoms. The summed E-state index contributed by atoms with van der Waals surface area (Å²) in [6.07, 6.45) is -3.14. The van der Waals surface area contributed by atoms with E-state index in [0.29, 0.717) is 5.56 Å². The van der Waals surface area contributed by atoms with Gasteiger partial charge in [-0.3, -0.25) is 8.97 Å². The van der Waals surface area contributed by atoms with Crippen molar-refractivity contribution < 1.29 is 26.9 Å². The minimum atomic E-state index is -4.69. The second-order valence-electron chi connectivity index (χ2n) is 8.23. The molecule has 2 aromatic heterocycles. The first-order valence-corrected chi connectivity index (χ1v) is 10.3. The molecule has 1 aliphatic rings. The van der Waals surface area contributed by atoms with Gasteiger partial charge in [0, 0.05) is 18.9 Å². The van der Waals surface area contributed by atoms with Gasteiger partial charge in [0.2, 0.25) is 12.2 Å². The summed E-state index contributed by atoms with van der Waals surface area (Å²) in [7, 11) is 1.44. The highest BCUT2D eigenvalue weighted by atomic mass is 19.4. The topological polar surface area (TPSA) is 115 Å². The van der Waals surface area contributed by atoms with Crippen molar-refractivity contribution in [2.24, 2.45) is 11.5 Å². The van der Waals surface area contributed by atoms with Crippen molar-refractivity contribution in [2.45, 2.75) is 24.3 Å². The zero-order valence-electron chi connectivity index (χ0n) is 18.1. The van der Waals surface area contributed by atoms with Gasteiger partial charge in [0.1, 0.15) is 0 Å². The lowest BCUT2D eigenvalue weighted by molar-refractivity contribution is -0.367. The highest BCUT2D eigenvalue weighted by molar-refractivity contribution is 5.84.